The first kappa shape index (κ1) is 34.1. The second kappa shape index (κ2) is 16.2. The number of hydrogen-bond acceptors (Lipinski definition) is 9. The third-order valence-electron chi connectivity index (χ3n) is 6.16. The van der Waals surface area contributed by atoms with Crippen LogP contribution in [0.2, 0.25) is 0 Å². The molecule has 0 aliphatic carbocycles. The fourth-order valence-electron chi connectivity index (χ4n) is 4.02. The van der Waals surface area contributed by atoms with E-state index in [9.17, 15) is 29.1 Å². The summed E-state index contributed by atoms with van der Waals surface area (Å²) in [5.74, 6) is -2.94. The van der Waals surface area contributed by atoms with E-state index in [4.69, 9.17) is 10.5 Å². The number of carboxylic acids is 1. The number of aliphatic carboxylic acids is 1. The van der Waals surface area contributed by atoms with E-state index in [1.54, 1.807) is 11.9 Å². The van der Waals surface area contributed by atoms with Gasteiger partial charge < -0.3 is 40.9 Å². The summed E-state index contributed by atoms with van der Waals surface area (Å²) in [4.78, 5) is 67.4. The highest BCUT2D eigenvalue weighted by Crippen LogP contribution is 2.19. The lowest BCUT2D eigenvalue weighted by Gasteiger charge is -2.28. The first-order chi connectivity index (χ1) is 18.1. The van der Waals surface area contributed by atoms with Crippen molar-refractivity contribution in [3.05, 3.63) is 0 Å². The highest BCUT2D eigenvalue weighted by Gasteiger charge is 2.38. The van der Waals surface area contributed by atoms with E-state index in [1.807, 2.05) is 34.9 Å². The number of hydrogen-bond donors (Lipinski definition) is 4. The normalized spacial score (nSPS) is 16.4. The molecule has 0 spiro atoms. The van der Waals surface area contributed by atoms with Gasteiger partial charge >= 0.3 is 12.1 Å². The van der Waals surface area contributed by atoms with Gasteiger partial charge in [-0.1, -0.05) is 0 Å². The molecule has 14 heteroatoms. The van der Waals surface area contributed by atoms with E-state index in [1.165, 1.54) is 4.90 Å². The van der Waals surface area contributed by atoms with Crippen molar-refractivity contribution >= 4 is 29.8 Å². The van der Waals surface area contributed by atoms with Gasteiger partial charge in [0.2, 0.25) is 17.7 Å². The van der Waals surface area contributed by atoms with E-state index in [0.717, 1.165) is 13.1 Å². The van der Waals surface area contributed by atoms with Gasteiger partial charge in [0.05, 0.1) is 13.0 Å². The molecule has 1 unspecified atom stereocenters. The molecule has 1 aliphatic rings. The minimum absolute atomic E-state index is 0.00498. The van der Waals surface area contributed by atoms with Gasteiger partial charge in [-0.3, -0.25) is 19.3 Å². The molecule has 0 aromatic heterocycles. The fourth-order valence-corrected chi connectivity index (χ4v) is 4.02. The standard InChI is InChI=1S/C25H47N7O7/c1-25(2,3)39-24(38)27-9-11-29(4)12-13-30(5)14-15-31(6)17-21(34)28-18(16-20(26)33)22(35)32-10-7-8-19(32)23(36)37/h18-19H,7-17H2,1-6H3,(H2,26,33)(H,27,38)(H,28,34)(H,36,37)/t18-,19?/m0/s1. The predicted molar refractivity (Wildman–Crippen MR) is 145 cm³/mol. The smallest absolute Gasteiger partial charge is 0.407 e. The van der Waals surface area contributed by atoms with Crippen molar-refractivity contribution < 1.29 is 33.8 Å². The van der Waals surface area contributed by atoms with Gasteiger partial charge in [-0.25, -0.2) is 9.59 Å². The van der Waals surface area contributed by atoms with Crippen LogP contribution in [0.4, 0.5) is 4.79 Å². The maximum atomic E-state index is 12.9. The number of ether oxygens (including phenoxy) is 1. The average Bonchev–Trinajstić information content (AvgIpc) is 3.29. The van der Waals surface area contributed by atoms with Crippen LogP contribution in [0.15, 0.2) is 0 Å². The Hall–Kier alpha value is -2.97. The number of likely N-dealkylation sites (N-methyl/N-ethyl adjacent to an activating group) is 3. The molecular weight excluding hydrogens is 510 g/mol. The van der Waals surface area contributed by atoms with Gasteiger partial charge in [0.1, 0.15) is 17.7 Å². The summed E-state index contributed by atoms with van der Waals surface area (Å²) in [6.45, 7) is 9.65. The summed E-state index contributed by atoms with van der Waals surface area (Å²) in [6, 6.07) is -2.17. The number of primary amides is 1. The van der Waals surface area contributed by atoms with Crippen LogP contribution >= 0.6 is 0 Å². The Morgan fingerprint density at radius 3 is 2.10 bits per heavy atom. The first-order valence-electron chi connectivity index (χ1n) is 13.2. The molecule has 1 rings (SSSR count). The molecule has 0 radical (unpaired) electrons. The van der Waals surface area contributed by atoms with E-state index in [0.29, 0.717) is 39.0 Å². The number of likely N-dealkylation sites (tertiary alicyclic amines) is 1. The topological polar surface area (TPSA) is 178 Å². The highest BCUT2D eigenvalue weighted by molar-refractivity contribution is 5.94. The second-order valence-electron chi connectivity index (χ2n) is 11.1. The van der Waals surface area contributed by atoms with Gasteiger partial charge in [0.25, 0.3) is 0 Å². The average molecular weight is 558 g/mol. The summed E-state index contributed by atoms with van der Waals surface area (Å²) < 4.78 is 5.21. The zero-order valence-corrected chi connectivity index (χ0v) is 24.2. The lowest BCUT2D eigenvalue weighted by molar-refractivity contribution is -0.149. The molecule has 5 N–H and O–H groups in total. The monoisotopic (exact) mass is 557 g/mol. The Kier molecular flexibility index (Phi) is 14.2. The molecule has 224 valence electrons. The number of alkyl carbamates (subject to hydrolysis) is 1. The molecule has 14 nitrogen and oxygen atoms in total. The highest BCUT2D eigenvalue weighted by atomic mass is 16.6. The van der Waals surface area contributed by atoms with Gasteiger partial charge in [-0.05, 0) is 54.8 Å². The molecule has 1 aliphatic heterocycles. The predicted octanol–water partition coefficient (Wildman–Crippen LogP) is -1.26. The van der Waals surface area contributed by atoms with Crippen molar-refractivity contribution in [2.24, 2.45) is 5.73 Å². The van der Waals surface area contributed by atoms with E-state index < -0.39 is 53.9 Å². The number of carboxylic acid groups (broad SMARTS) is 1. The minimum Gasteiger partial charge on any atom is -0.480 e. The van der Waals surface area contributed by atoms with Gasteiger partial charge in [-0.2, -0.15) is 0 Å². The lowest BCUT2D eigenvalue weighted by atomic mass is 10.1. The van der Waals surface area contributed by atoms with E-state index >= 15 is 0 Å². The summed E-state index contributed by atoms with van der Waals surface area (Å²) in [5, 5.41) is 14.6. The molecule has 1 heterocycles. The van der Waals surface area contributed by atoms with Crippen LogP contribution in [0, 0.1) is 0 Å². The summed E-state index contributed by atoms with van der Waals surface area (Å²) in [7, 11) is 5.70. The molecule has 1 saturated heterocycles. The molecule has 2 atom stereocenters. The number of carbonyl (C=O) groups excluding carboxylic acids is 4. The minimum atomic E-state index is -1.20. The van der Waals surface area contributed by atoms with Gasteiger partial charge in [0, 0.05) is 45.8 Å². The molecule has 0 aromatic rings. The van der Waals surface area contributed by atoms with Crippen molar-refractivity contribution in [2.45, 2.75) is 57.7 Å². The van der Waals surface area contributed by atoms with E-state index in [2.05, 4.69) is 20.4 Å². The van der Waals surface area contributed by atoms with Crippen molar-refractivity contribution in [2.75, 3.05) is 73.5 Å². The molecule has 4 amide bonds. The second-order valence-corrected chi connectivity index (χ2v) is 11.1. The molecule has 0 bridgehead atoms. The van der Waals surface area contributed by atoms with Crippen molar-refractivity contribution in [3.63, 3.8) is 0 Å². The number of amides is 4. The molecule has 39 heavy (non-hydrogen) atoms. The van der Waals surface area contributed by atoms with Crippen LogP contribution < -0.4 is 16.4 Å². The number of rotatable bonds is 16. The van der Waals surface area contributed by atoms with Crippen LogP contribution in [0.5, 0.6) is 0 Å². The van der Waals surface area contributed by atoms with Crippen LogP contribution in [0.25, 0.3) is 0 Å². The SMILES string of the molecule is CN(CCNC(=O)OC(C)(C)C)CCN(C)CCN(C)CC(=O)N[C@@H](CC(N)=O)C(=O)N1CCCC1C(=O)O. The summed E-state index contributed by atoms with van der Waals surface area (Å²) in [5.41, 5.74) is 4.74. The van der Waals surface area contributed by atoms with Crippen LogP contribution in [-0.4, -0.2) is 146 Å². The largest absolute Gasteiger partial charge is 0.480 e. The molecule has 0 aromatic carbocycles. The summed E-state index contributed by atoms with van der Waals surface area (Å²) in [6.07, 6.45) is 0.0223. The number of nitrogens with zero attached hydrogens (tertiary/aromatic N) is 4. The van der Waals surface area contributed by atoms with E-state index in [-0.39, 0.29) is 13.1 Å². The number of nitrogens with two attached hydrogens (primary N) is 1. The first-order valence-corrected chi connectivity index (χ1v) is 13.2. The third kappa shape index (κ3) is 14.1. The Morgan fingerprint density at radius 2 is 1.56 bits per heavy atom. The summed E-state index contributed by atoms with van der Waals surface area (Å²) >= 11 is 0. The van der Waals surface area contributed by atoms with Crippen LogP contribution in [-0.2, 0) is 23.9 Å². The zero-order valence-electron chi connectivity index (χ0n) is 24.2. The number of nitrogens with one attached hydrogen (secondary N) is 2. The maximum Gasteiger partial charge on any atom is 0.407 e. The zero-order chi connectivity index (χ0) is 29.8. The van der Waals surface area contributed by atoms with Gasteiger partial charge in [0.15, 0.2) is 0 Å². The van der Waals surface area contributed by atoms with Crippen LogP contribution in [0.1, 0.15) is 40.0 Å². The Labute approximate surface area is 231 Å². The Bertz CT molecular complexity index is 849. The molecule has 1 fully saturated rings. The van der Waals surface area contributed by atoms with Crippen molar-refractivity contribution in [1.82, 2.24) is 30.2 Å². The quantitative estimate of drug-likeness (QED) is 0.179. The third-order valence-corrected chi connectivity index (χ3v) is 6.16. The Balaban J connectivity index is 2.40. The Morgan fingerprint density at radius 1 is 1.00 bits per heavy atom. The molecule has 0 saturated carbocycles. The maximum absolute atomic E-state index is 12.9. The lowest BCUT2D eigenvalue weighted by Crippen LogP contribution is -2.54. The molecular formula is C25H47N7O7. The van der Waals surface area contributed by atoms with Crippen molar-refractivity contribution in [1.29, 1.82) is 0 Å². The van der Waals surface area contributed by atoms with Crippen molar-refractivity contribution in [3.8, 4) is 0 Å². The number of carbonyl (C=O) groups is 5. The van der Waals surface area contributed by atoms with Gasteiger partial charge in [-0.15, -0.1) is 0 Å². The fraction of sp³-hybridized carbons (Fsp3) is 0.800. The van der Waals surface area contributed by atoms with Crippen LogP contribution in [0.3, 0.4) is 0 Å².